The van der Waals surface area contributed by atoms with E-state index in [1.54, 1.807) is 32.0 Å². The number of carbonyl (C=O) groups is 1. The van der Waals surface area contributed by atoms with Gasteiger partial charge in [0.05, 0.1) is 9.89 Å². The predicted molar refractivity (Wildman–Crippen MR) is 70.8 cm³/mol. The van der Waals surface area contributed by atoms with Crippen LogP contribution in [0.25, 0.3) is 0 Å². The van der Waals surface area contributed by atoms with Crippen molar-refractivity contribution in [3.05, 3.63) is 27.7 Å². The van der Waals surface area contributed by atoms with Crippen molar-refractivity contribution < 1.29 is 9.53 Å². The first-order chi connectivity index (χ1) is 7.86. The van der Waals surface area contributed by atoms with Crippen molar-refractivity contribution in [2.45, 2.75) is 13.8 Å². The monoisotopic (exact) mass is 320 g/mol. The van der Waals surface area contributed by atoms with Gasteiger partial charge in [0.15, 0.2) is 0 Å². The fourth-order valence-electron chi connectivity index (χ4n) is 1.11. The Kier molecular flexibility index (Phi) is 4.80. The number of ether oxygens (including phenoxy) is 1. The number of halogens is 2. The first kappa shape index (κ1) is 14.3. The maximum atomic E-state index is 11.4. The smallest absolute Gasteiger partial charge is 0.242 e. The maximum absolute atomic E-state index is 11.4. The van der Waals surface area contributed by atoms with Crippen LogP contribution in [0.3, 0.4) is 0 Å². The standard InChI is InChI=1S/C11H14BrClN2O2/c1-11(2,10(16)15-14)6-17-9-4-3-7(13)5-8(9)12/h3-5H,6,14H2,1-2H3,(H,15,16). The lowest BCUT2D eigenvalue weighted by atomic mass is 9.94. The van der Waals surface area contributed by atoms with Gasteiger partial charge < -0.3 is 4.74 Å². The Bertz CT molecular complexity index is 424. The van der Waals surface area contributed by atoms with Crippen LogP contribution in [0.15, 0.2) is 22.7 Å². The van der Waals surface area contributed by atoms with Gasteiger partial charge in [0.25, 0.3) is 0 Å². The summed E-state index contributed by atoms with van der Waals surface area (Å²) in [5.41, 5.74) is 1.41. The Morgan fingerprint density at radius 2 is 2.24 bits per heavy atom. The number of carbonyl (C=O) groups excluding carboxylic acids is 1. The fraction of sp³-hybridized carbons (Fsp3) is 0.364. The Balaban J connectivity index is 2.70. The van der Waals surface area contributed by atoms with Crippen molar-refractivity contribution >= 4 is 33.4 Å². The van der Waals surface area contributed by atoms with Gasteiger partial charge in [-0.05, 0) is 48.0 Å². The van der Waals surface area contributed by atoms with Crippen molar-refractivity contribution in [2.75, 3.05) is 6.61 Å². The molecule has 1 aromatic carbocycles. The van der Waals surface area contributed by atoms with Crippen LogP contribution in [0.4, 0.5) is 0 Å². The van der Waals surface area contributed by atoms with Gasteiger partial charge in [0.1, 0.15) is 12.4 Å². The molecule has 3 N–H and O–H groups in total. The average Bonchev–Trinajstić information content (AvgIpc) is 2.26. The Morgan fingerprint density at radius 3 is 2.76 bits per heavy atom. The van der Waals surface area contributed by atoms with Crippen LogP contribution >= 0.6 is 27.5 Å². The molecule has 0 heterocycles. The summed E-state index contributed by atoms with van der Waals surface area (Å²) < 4.78 is 6.30. The molecule has 0 radical (unpaired) electrons. The molecule has 0 spiro atoms. The average molecular weight is 322 g/mol. The van der Waals surface area contributed by atoms with Crippen molar-refractivity contribution in [1.29, 1.82) is 0 Å². The number of nitrogens with one attached hydrogen (secondary N) is 1. The third-order valence-corrected chi connectivity index (χ3v) is 3.08. The lowest BCUT2D eigenvalue weighted by Crippen LogP contribution is -2.44. The molecule has 1 amide bonds. The van der Waals surface area contributed by atoms with Crippen LogP contribution in [0.1, 0.15) is 13.8 Å². The van der Waals surface area contributed by atoms with Crippen molar-refractivity contribution in [2.24, 2.45) is 11.3 Å². The molecule has 0 aliphatic heterocycles. The van der Waals surface area contributed by atoms with Crippen LogP contribution in [0, 0.1) is 5.41 Å². The molecule has 94 valence electrons. The topological polar surface area (TPSA) is 64.3 Å². The minimum Gasteiger partial charge on any atom is -0.491 e. The fourth-order valence-corrected chi connectivity index (χ4v) is 1.91. The quantitative estimate of drug-likeness (QED) is 0.509. The van der Waals surface area contributed by atoms with E-state index in [9.17, 15) is 4.79 Å². The highest BCUT2D eigenvalue weighted by Gasteiger charge is 2.28. The van der Waals surface area contributed by atoms with E-state index in [2.05, 4.69) is 21.4 Å². The zero-order chi connectivity index (χ0) is 13.1. The van der Waals surface area contributed by atoms with Crippen LogP contribution in [-0.4, -0.2) is 12.5 Å². The molecular formula is C11H14BrClN2O2. The van der Waals surface area contributed by atoms with Crippen LogP contribution in [0.5, 0.6) is 5.75 Å². The number of hydrogen-bond acceptors (Lipinski definition) is 3. The van der Waals surface area contributed by atoms with Gasteiger partial charge in [0, 0.05) is 5.02 Å². The van der Waals surface area contributed by atoms with E-state index in [-0.39, 0.29) is 12.5 Å². The summed E-state index contributed by atoms with van der Waals surface area (Å²) in [6, 6.07) is 5.19. The molecule has 0 unspecified atom stereocenters. The first-order valence-corrected chi connectivity index (χ1v) is 6.13. The molecule has 0 atom stereocenters. The second-order valence-electron chi connectivity index (χ2n) is 4.22. The van der Waals surface area contributed by atoms with Crippen molar-refractivity contribution in [3.63, 3.8) is 0 Å². The lowest BCUT2D eigenvalue weighted by molar-refractivity contribution is -0.130. The van der Waals surface area contributed by atoms with Crippen molar-refractivity contribution in [3.8, 4) is 5.75 Å². The first-order valence-electron chi connectivity index (χ1n) is 4.96. The van der Waals surface area contributed by atoms with Gasteiger partial charge in [-0.25, -0.2) is 5.84 Å². The molecule has 1 aromatic rings. The van der Waals surface area contributed by atoms with Crippen LogP contribution in [-0.2, 0) is 4.79 Å². The molecule has 0 fully saturated rings. The van der Waals surface area contributed by atoms with Crippen molar-refractivity contribution in [1.82, 2.24) is 5.43 Å². The lowest BCUT2D eigenvalue weighted by Gasteiger charge is -2.22. The molecular weight excluding hydrogens is 307 g/mol. The molecule has 0 aliphatic rings. The molecule has 0 aliphatic carbocycles. The molecule has 0 saturated carbocycles. The van der Waals surface area contributed by atoms with E-state index < -0.39 is 5.41 Å². The summed E-state index contributed by atoms with van der Waals surface area (Å²) in [6.07, 6.45) is 0. The molecule has 0 bridgehead atoms. The third kappa shape index (κ3) is 3.87. The zero-order valence-electron chi connectivity index (χ0n) is 9.59. The molecule has 0 saturated heterocycles. The molecule has 17 heavy (non-hydrogen) atoms. The largest absolute Gasteiger partial charge is 0.491 e. The van der Waals surface area contributed by atoms with Crippen LogP contribution in [0.2, 0.25) is 5.02 Å². The number of rotatable bonds is 4. The number of amides is 1. The number of hydrogen-bond donors (Lipinski definition) is 2. The van der Waals surface area contributed by atoms with Gasteiger partial charge >= 0.3 is 0 Å². The summed E-state index contributed by atoms with van der Waals surface area (Å²) >= 11 is 9.15. The second-order valence-corrected chi connectivity index (χ2v) is 5.51. The highest BCUT2D eigenvalue weighted by molar-refractivity contribution is 9.10. The van der Waals surface area contributed by atoms with Crippen LogP contribution < -0.4 is 16.0 Å². The number of benzene rings is 1. The minimum atomic E-state index is -0.701. The van der Waals surface area contributed by atoms with Gasteiger partial charge in [-0.2, -0.15) is 0 Å². The van der Waals surface area contributed by atoms with E-state index in [0.717, 1.165) is 4.47 Å². The third-order valence-electron chi connectivity index (χ3n) is 2.23. The number of nitrogens with two attached hydrogens (primary N) is 1. The Morgan fingerprint density at radius 1 is 1.59 bits per heavy atom. The van der Waals surface area contributed by atoms with E-state index in [1.165, 1.54) is 0 Å². The summed E-state index contributed by atoms with van der Waals surface area (Å²) in [5.74, 6) is 5.45. The maximum Gasteiger partial charge on any atom is 0.242 e. The van der Waals surface area contributed by atoms with E-state index >= 15 is 0 Å². The molecule has 6 heteroatoms. The Hall–Kier alpha value is -0.780. The van der Waals surface area contributed by atoms with E-state index in [0.29, 0.717) is 10.8 Å². The second kappa shape index (κ2) is 5.71. The van der Waals surface area contributed by atoms with E-state index in [4.69, 9.17) is 22.2 Å². The molecule has 1 rings (SSSR count). The SMILES string of the molecule is CC(C)(COc1ccc(Cl)cc1Br)C(=O)NN. The van der Waals surface area contributed by atoms with Gasteiger partial charge in [-0.15, -0.1) is 0 Å². The summed E-state index contributed by atoms with van der Waals surface area (Å²) in [4.78, 5) is 11.4. The number of hydrazine groups is 1. The summed E-state index contributed by atoms with van der Waals surface area (Å²) in [5, 5.41) is 0.614. The molecule has 0 aromatic heterocycles. The van der Waals surface area contributed by atoms with Gasteiger partial charge in [-0.3, -0.25) is 10.2 Å². The minimum absolute atomic E-state index is 0.219. The zero-order valence-corrected chi connectivity index (χ0v) is 11.9. The molecule has 4 nitrogen and oxygen atoms in total. The predicted octanol–water partition coefficient (Wildman–Crippen LogP) is 2.50. The Labute approximate surface area is 114 Å². The highest BCUT2D eigenvalue weighted by atomic mass is 79.9. The normalized spacial score (nSPS) is 11.1. The van der Waals surface area contributed by atoms with Gasteiger partial charge in [0.2, 0.25) is 5.91 Å². The highest BCUT2D eigenvalue weighted by Crippen LogP contribution is 2.29. The summed E-state index contributed by atoms with van der Waals surface area (Å²) in [6.45, 7) is 3.72. The van der Waals surface area contributed by atoms with E-state index in [1.807, 2.05) is 0 Å². The van der Waals surface area contributed by atoms with Gasteiger partial charge in [-0.1, -0.05) is 11.6 Å². The summed E-state index contributed by atoms with van der Waals surface area (Å²) in [7, 11) is 0.